The fourth-order valence-electron chi connectivity index (χ4n) is 1.55. The SMILES string of the molecule is COC(CO)C(O)C(OC)n1ccc(=O)[nH]c1=O. The summed E-state index contributed by atoms with van der Waals surface area (Å²) in [6.45, 7) is -0.435. The van der Waals surface area contributed by atoms with Crippen LogP contribution in [0.15, 0.2) is 21.9 Å². The quantitative estimate of drug-likeness (QED) is 0.548. The van der Waals surface area contributed by atoms with Crippen molar-refractivity contribution < 1.29 is 19.7 Å². The maximum Gasteiger partial charge on any atom is 0.330 e. The third-order valence-corrected chi connectivity index (χ3v) is 2.52. The van der Waals surface area contributed by atoms with Gasteiger partial charge in [-0.3, -0.25) is 14.3 Å². The highest BCUT2D eigenvalue weighted by molar-refractivity contribution is 4.87. The van der Waals surface area contributed by atoms with Crippen LogP contribution in [0.3, 0.4) is 0 Å². The van der Waals surface area contributed by atoms with Gasteiger partial charge in [-0.2, -0.15) is 0 Å². The Balaban J connectivity index is 3.09. The van der Waals surface area contributed by atoms with Gasteiger partial charge in [0, 0.05) is 26.5 Å². The number of aromatic nitrogens is 2. The van der Waals surface area contributed by atoms with Gasteiger partial charge in [0.2, 0.25) is 0 Å². The summed E-state index contributed by atoms with van der Waals surface area (Å²) in [5.41, 5.74) is -1.27. The second-order valence-electron chi connectivity index (χ2n) is 3.59. The molecule has 8 heteroatoms. The summed E-state index contributed by atoms with van der Waals surface area (Å²) in [7, 11) is 2.60. The van der Waals surface area contributed by atoms with Crippen molar-refractivity contribution in [1.29, 1.82) is 0 Å². The summed E-state index contributed by atoms with van der Waals surface area (Å²) in [5, 5.41) is 19.0. The van der Waals surface area contributed by atoms with Crippen molar-refractivity contribution in [2.75, 3.05) is 20.8 Å². The van der Waals surface area contributed by atoms with Gasteiger partial charge in [-0.25, -0.2) is 4.79 Å². The fraction of sp³-hybridized carbons (Fsp3) is 0.600. The first-order chi connectivity index (χ1) is 8.54. The summed E-state index contributed by atoms with van der Waals surface area (Å²) in [6, 6.07) is 1.13. The Morgan fingerprint density at radius 2 is 2.06 bits per heavy atom. The average Bonchev–Trinajstić information content (AvgIpc) is 2.34. The maximum absolute atomic E-state index is 11.6. The summed E-state index contributed by atoms with van der Waals surface area (Å²) >= 11 is 0. The minimum absolute atomic E-state index is 0.435. The molecule has 0 aliphatic rings. The number of methoxy groups -OCH3 is 2. The van der Waals surface area contributed by atoms with Crippen LogP contribution in [0.2, 0.25) is 0 Å². The molecule has 1 aromatic rings. The van der Waals surface area contributed by atoms with Gasteiger partial charge in [0.15, 0.2) is 6.23 Å². The highest BCUT2D eigenvalue weighted by atomic mass is 16.5. The minimum atomic E-state index is -1.27. The molecule has 0 aliphatic heterocycles. The summed E-state index contributed by atoms with van der Waals surface area (Å²) in [5.74, 6) is 0. The second-order valence-corrected chi connectivity index (χ2v) is 3.59. The molecule has 3 unspecified atom stereocenters. The van der Waals surface area contributed by atoms with E-state index in [1.54, 1.807) is 0 Å². The van der Waals surface area contributed by atoms with E-state index >= 15 is 0 Å². The molecule has 1 rings (SSSR count). The third-order valence-electron chi connectivity index (χ3n) is 2.52. The smallest absolute Gasteiger partial charge is 0.330 e. The van der Waals surface area contributed by atoms with Gasteiger partial charge >= 0.3 is 5.69 Å². The molecule has 3 N–H and O–H groups in total. The molecule has 0 amide bonds. The Morgan fingerprint density at radius 1 is 1.39 bits per heavy atom. The van der Waals surface area contributed by atoms with Crippen molar-refractivity contribution in [2.45, 2.75) is 18.4 Å². The van der Waals surface area contributed by atoms with E-state index in [0.29, 0.717) is 0 Å². The lowest BCUT2D eigenvalue weighted by Gasteiger charge is -2.27. The Hall–Kier alpha value is -1.48. The number of hydrogen-bond donors (Lipinski definition) is 3. The predicted octanol–water partition coefficient (Wildman–Crippen LogP) is -1.95. The zero-order chi connectivity index (χ0) is 13.7. The maximum atomic E-state index is 11.6. The summed E-state index contributed by atoms with van der Waals surface area (Å²) in [6.07, 6.45) is -2.06. The Kier molecular flexibility index (Phi) is 5.23. The van der Waals surface area contributed by atoms with E-state index in [2.05, 4.69) is 0 Å². The molecule has 8 nitrogen and oxygen atoms in total. The Morgan fingerprint density at radius 3 is 2.50 bits per heavy atom. The van der Waals surface area contributed by atoms with Crippen LogP contribution in [0.25, 0.3) is 0 Å². The zero-order valence-corrected chi connectivity index (χ0v) is 10.1. The van der Waals surface area contributed by atoms with Crippen LogP contribution >= 0.6 is 0 Å². The topological polar surface area (TPSA) is 114 Å². The van der Waals surface area contributed by atoms with Gasteiger partial charge < -0.3 is 19.7 Å². The van der Waals surface area contributed by atoms with Crippen molar-refractivity contribution in [3.63, 3.8) is 0 Å². The lowest BCUT2D eigenvalue weighted by atomic mass is 10.2. The van der Waals surface area contributed by atoms with E-state index in [1.165, 1.54) is 20.4 Å². The van der Waals surface area contributed by atoms with Crippen molar-refractivity contribution in [1.82, 2.24) is 9.55 Å². The molecule has 1 heterocycles. The molecule has 3 atom stereocenters. The van der Waals surface area contributed by atoms with Crippen LogP contribution in [-0.2, 0) is 9.47 Å². The molecular weight excluding hydrogens is 244 g/mol. The van der Waals surface area contributed by atoms with Crippen molar-refractivity contribution in [3.8, 4) is 0 Å². The molecular formula is C10H16N2O6. The van der Waals surface area contributed by atoms with Crippen molar-refractivity contribution >= 4 is 0 Å². The summed E-state index contributed by atoms with van der Waals surface area (Å²) in [4.78, 5) is 24.5. The number of aliphatic hydroxyl groups excluding tert-OH is 2. The van der Waals surface area contributed by atoms with E-state index in [1.807, 2.05) is 4.98 Å². The number of aromatic amines is 1. The number of nitrogens with zero attached hydrogens (tertiary/aromatic N) is 1. The molecule has 18 heavy (non-hydrogen) atoms. The van der Waals surface area contributed by atoms with Gasteiger partial charge in [-0.05, 0) is 0 Å². The Labute approximate surface area is 102 Å². The first-order valence-electron chi connectivity index (χ1n) is 5.21. The van der Waals surface area contributed by atoms with Gasteiger partial charge in [-0.1, -0.05) is 0 Å². The van der Waals surface area contributed by atoms with E-state index < -0.39 is 36.3 Å². The van der Waals surface area contributed by atoms with E-state index in [9.17, 15) is 14.7 Å². The second kappa shape index (κ2) is 6.45. The van der Waals surface area contributed by atoms with E-state index in [4.69, 9.17) is 14.6 Å². The van der Waals surface area contributed by atoms with Crippen LogP contribution in [0.1, 0.15) is 6.23 Å². The first kappa shape index (κ1) is 14.6. The molecule has 0 fully saturated rings. The number of rotatable bonds is 6. The lowest BCUT2D eigenvalue weighted by Crippen LogP contribution is -2.44. The van der Waals surface area contributed by atoms with Crippen LogP contribution in [0, 0.1) is 0 Å². The van der Waals surface area contributed by atoms with E-state index in [0.717, 1.165) is 10.6 Å². The number of H-pyrrole nitrogens is 1. The van der Waals surface area contributed by atoms with Gasteiger partial charge in [0.05, 0.1) is 6.61 Å². The predicted molar refractivity (Wildman–Crippen MR) is 61.3 cm³/mol. The molecule has 0 saturated heterocycles. The van der Waals surface area contributed by atoms with Crippen LogP contribution in [0.5, 0.6) is 0 Å². The van der Waals surface area contributed by atoms with Crippen LogP contribution in [-0.4, -0.2) is 52.8 Å². The number of aliphatic hydroxyl groups is 2. The van der Waals surface area contributed by atoms with Crippen LogP contribution < -0.4 is 11.2 Å². The van der Waals surface area contributed by atoms with Crippen molar-refractivity contribution in [3.05, 3.63) is 33.1 Å². The zero-order valence-electron chi connectivity index (χ0n) is 10.1. The average molecular weight is 260 g/mol. The molecule has 0 bridgehead atoms. The summed E-state index contributed by atoms with van der Waals surface area (Å²) < 4.78 is 10.9. The largest absolute Gasteiger partial charge is 0.394 e. The molecule has 102 valence electrons. The highest BCUT2D eigenvalue weighted by Crippen LogP contribution is 2.14. The first-order valence-corrected chi connectivity index (χ1v) is 5.21. The molecule has 0 spiro atoms. The molecule has 1 aromatic heterocycles. The molecule has 0 saturated carbocycles. The van der Waals surface area contributed by atoms with Gasteiger partial charge in [-0.15, -0.1) is 0 Å². The normalized spacial score (nSPS) is 16.2. The Bertz CT molecular complexity index is 478. The molecule has 0 aliphatic carbocycles. The number of ether oxygens (including phenoxy) is 2. The number of nitrogens with one attached hydrogen (secondary N) is 1. The van der Waals surface area contributed by atoms with Gasteiger partial charge in [0.1, 0.15) is 12.2 Å². The third kappa shape index (κ3) is 3.05. The van der Waals surface area contributed by atoms with Gasteiger partial charge in [0.25, 0.3) is 5.56 Å². The minimum Gasteiger partial charge on any atom is -0.394 e. The fourth-order valence-corrected chi connectivity index (χ4v) is 1.55. The standard InChI is InChI=1S/C10H16N2O6/c1-17-6(5-13)8(15)9(18-2)12-4-3-7(14)11-10(12)16/h3-4,6,8-9,13,15H,5H2,1-2H3,(H,11,14,16). The molecule has 0 aromatic carbocycles. The van der Waals surface area contributed by atoms with Crippen molar-refractivity contribution in [2.24, 2.45) is 0 Å². The monoisotopic (exact) mass is 260 g/mol. The van der Waals surface area contributed by atoms with Crippen LogP contribution in [0.4, 0.5) is 0 Å². The number of hydrogen-bond acceptors (Lipinski definition) is 6. The van der Waals surface area contributed by atoms with E-state index in [-0.39, 0.29) is 0 Å². The lowest BCUT2D eigenvalue weighted by molar-refractivity contribution is -0.132. The molecule has 0 radical (unpaired) electrons. The highest BCUT2D eigenvalue weighted by Gasteiger charge is 2.29.